The smallest absolute Gasteiger partial charge is 0.119 e. The van der Waals surface area contributed by atoms with Crippen LogP contribution in [0.1, 0.15) is 115 Å². The second-order valence-electron chi connectivity index (χ2n) is 13.5. The molecule has 0 radical (unpaired) electrons. The highest BCUT2D eigenvalue weighted by atomic mass is 16.3. The van der Waals surface area contributed by atoms with Crippen molar-refractivity contribution in [2.75, 3.05) is 0 Å². The molecule has 0 fully saturated rings. The molecule has 4 rings (SSSR count). The standard InChI is InChI=1S/C29H40O2/c1-25(2,3)23-19(30)13-11-17-21(23)29(15-27(17,7)8)16-28(9,10)18-12-14-20(31)24(22(18)29)26(4,5)6/h11-14,30-31H,15-16H2,1-10H3. The maximum Gasteiger partial charge on any atom is 0.119 e. The molecule has 1 spiro atoms. The maximum atomic E-state index is 11.1. The number of rotatable bonds is 0. The summed E-state index contributed by atoms with van der Waals surface area (Å²) in [6, 6.07) is 8.10. The Morgan fingerprint density at radius 2 is 0.935 bits per heavy atom. The average Bonchev–Trinajstić information content (AvgIpc) is 2.92. The molecule has 0 aromatic heterocycles. The van der Waals surface area contributed by atoms with Crippen LogP contribution in [0.15, 0.2) is 24.3 Å². The molecule has 0 unspecified atom stereocenters. The van der Waals surface area contributed by atoms with Gasteiger partial charge in [0, 0.05) is 16.5 Å². The van der Waals surface area contributed by atoms with Gasteiger partial charge < -0.3 is 10.2 Å². The lowest BCUT2D eigenvalue weighted by atomic mass is 9.65. The number of aromatic hydroxyl groups is 2. The van der Waals surface area contributed by atoms with Crippen LogP contribution in [0.5, 0.6) is 11.5 Å². The van der Waals surface area contributed by atoms with E-state index in [-0.39, 0.29) is 27.1 Å². The summed E-state index contributed by atoms with van der Waals surface area (Å²) in [6.45, 7) is 22.6. The third-order valence-electron chi connectivity index (χ3n) is 7.77. The molecule has 2 aromatic rings. The van der Waals surface area contributed by atoms with Crippen LogP contribution in [0.25, 0.3) is 0 Å². The van der Waals surface area contributed by atoms with Crippen molar-refractivity contribution in [2.24, 2.45) is 0 Å². The number of fused-ring (bicyclic) bond motifs is 4. The number of phenolic OH excluding ortho intramolecular Hbond substituents is 2. The predicted octanol–water partition coefficient (Wildman–Crippen LogP) is 7.34. The molecular formula is C29H40O2. The van der Waals surface area contributed by atoms with E-state index < -0.39 is 0 Å². The van der Waals surface area contributed by atoms with Gasteiger partial charge in [-0.05, 0) is 68.9 Å². The van der Waals surface area contributed by atoms with Crippen LogP contribution in [-0.2, 0) is 27.1 Å². The lowest BCUT2D eigenvalue weighted by Gasteiger charge is -2.37. The molecule has 2 aliphatic carbocycles. The first kappa shape index (κ1) is 22.2. The van der Waals surface area contributed by atoms with Crippen LogP contribution in [0.4, 0.5) is 0 Å². The van der Waals surface area contributed by atoms with Crippen molar-refractivity contribution in [3.05, 3.63) is 57.6 Å². The van der Waals surface area contributed by atoms with Crippen molar-refractivity contribution in [2.45, 2.75) is 109 Å². The first-order valence-corrected chi connectivity index (χ1v) is 11.7. The van der Waals surface area contributed by atoms with Crippen LogP contribution in [0, 0.1) is 0 Å². The van der Waals surface area contributed by atoms with E-state index in [2.05, 4.69) is 81.4 Å². The number of hydrogen-bond donors (Lipinski definition) is 2. The topological polar surface area (TPSA) is 40.5 Å². The van der Waals surface area contributed by atoms with Crippen LogP contribution < -0.4 is 0 Å². The summed E-state index contributed by atoms with van der Waals surface area (Å²) in [5.41, 5.74) is 6.85. The molecule has 0 bridgehead atoms. The summed E-state index contributed by atoms with van der Waals surface area (Å²) in [4.78, 5) is 0. The molecule has 168 valence electrons. The van der Waals surface area contributed by atoms with Gasteiger partial charge in [0.15, 0.2) is 0 Å². The van der Waals surface area contributed by atoms with Crippen molar-refractivity contribution in [1.29, 1.82) is 0 Å². The fourth-order valence-electron chi connectivity index (χ4n) is 7.06. The van der Waals surface area contributed by atoms with Gasteiger partial charge in [0.25, 0.3) is 0 Å². The van der Waals surface area contributed by atoms with Gasteiger partial charge in [-0.15, -0.1) is 0 Å². The normalized spacial score (nSPS) is 20.7. The van der Waals surface area contributed by atoms with Gasteiger partial charge in [-0.2, -0.15) is 0 Å². The summed E-state index contributed by atoms with van der Waals surface area (Å²) in [5, 5.41) is 22.3. The third-order valence-corrected chi connectivity index (χ3v) is 7.77. The fourth-order valence-corrected chi connectivity index (χ4v) is 7.06. The molecule has 2 heteroatoms. The summed E-state index contributed by atoms with van der Waals surface area (Å²) >= 11 is 0. The van der Waals surface area contributed by atoms with Crippen molar-refractivity contribution in [3.8, 4) is 11.5 Å². The second-order valence-corrected chi connectivity index (χ2v) is 13.5. The van der Waals surface area contributed by atoms with E-state index in [1.54, 1.807) is 0 Å². The molecule has 0 saturated carbocycles. The SMILES string of the molecule is CC(C)(C)c1c(O)ccc2c1C1(CC2(C)C)CC(C)(C)c2ccc(O)c(C(C)(C)C)c21. The fraction of sp³-hybridized carbons (Fsp3) is 0.586. The first-order valence-electron chi connectivity index (χ1n) is 11.7. The molecule has 2 N–H and O–H groups in total. The Bertz CT molecular complexity index is 984. The van der Waals surface area contributed by atoms with E-state index in [1.807, 2.05) is 12.1 Å². The Morgan fingerprint density at radius 1 is 0.613 bits per heavy atom. The summed E-state index contributed by atoms with van der Waals surface area (Å²) in [5.74, 6) is 0.791. The van der Waals surface area contributed by atoms with Gasteiger partial charge in [0.05, 0.1) is 0 Å². The predicted molar refractivity (Wildman–Crippen MR) is 130 cm³/mol. The Kier molecular flexibility index (Phi) is 4.37. The van der Waals surface area contributed by atoms with Crippen LogP contribution in [0.2, 0.25) is 0 Å². The minimum absolute atomic E-state index is 0.0126. The Balaban J connectivity index is 2.23. The van der Waals surface area contributed by atoms with Gasteiger partial charge in [0.1, 0.15) is 11.5 Å². The quantitative estimate of drug-likeness (QED) is 0.468. The highest BCUT2D eigenvalue weighted by Crippen LogP contribution is 2.67. The first-order chi connectivity index (χ1) is 13.9. The van der Waals surface area contributed by atoms with Crippen molar-refractivity contribution >= 4 is 0 Å². The average molecular weight is 421 g/mol. The van der Waals surface area contributed by atoms with Gasteiger partial charge in [-0.1, -0.05) is 81.4 Å². The van der Waals surface area contributed by atoms with E-state index in [0.29, 0.717) is 11.5 Å². The van der Waals surface area contributed by atoms with E-state index in [1.165, 1.54) is 22.3 Å². The molecule has 0 heterocycles. The maximum absolute atomic E-state index is 11.1. The molecule has 2 nitrogen and oxygen atoms in total. The third kappa shape index (κ3) is 2.97. The Labute approximate surface area is 188 Å². The lowest BCUT2D eigenvalue weighted by Crippen LogP contribution is -2.32. The summed E-state index contributed by atoms with van der Waals surface area (Å²) in [6.07, 6.45) is 1.98. The van der Waals surface area contributed by atoms with Crippen LogP contribution in [-0.4, -0.2) is 10.2 Å². The number of benzene rings is 2. The van der Waals surface area contributed by atoms with Crippen LogP contribution in [0.3, 0.4) is 0 Å². The minimum Gasteiger partial charge on any atom is -0.508 e. The highest BCUT2D eigenvalue weighted by molar-refractivity contribution is 5.68. The Morgan fingerprint density at radius 3 is 1.23 bits per heavy atom. The molecule has 2 aromatic carbocycles. The largest absolute Gasteiger partial charge is 0.508 e. The van der Waals surface area contributed by atoms with Crippen molar-refractivity contribution in [3.63, 3.8) is 0 Å². The molecule has 0 saturated heterocycles. The summed E-state index contributed by atoms with van der Waals surface area (Å²) in [7, 11) is 0. The molecule has 0 amide bonds. The zero-order chi connectivity index (χ0) is 23.4. The monoisotopic (exact) mass is 420 g/mol. The van der Waals surface area contributed by atoms with Gasteiger partial charge >= 0.3 is 0 Å². The minimum atomic E-state index is -0.222. The van der Waals surface area contributed by atoms with Crippen molar-refractivity contribution < 1.29 is 10.2 Å². The molecule has 31 heavy (non-hydrogen) atoms. The number of hydrogen-bond acceptors (Lipinski definition) is 2. The van der Waals surface area contributed by atoms with Crippen LogP contribution >= 0.6 is 0 Å². The van der Waals surface area contributed by atoms with Crippen molar-refractivity contribution in [1.82, 2.24) is 0 Å². The molecular weight excluding hydrogens is 380 g/mol. The van der Waals surface area contributed by atoms with E-state index in [9.17, 15) is 10.2 Å². The number of phenols is 2. The van der Waals surface area contributed by atoms with E-state index in [4.69, 9.17) is 0 Å². The molecule has 0 aliphatic heterocycles. The van der Waals surface area contributed by atoms with E-state index in [0.717, 1.165) is 24.0 Å². The molecule has 2 aliphatic rings. The lowest BCUT2D eigenvalue weighted by molar-refractivity contribution is 0.340. The second kappa shape index (κ2) is 6.09. The Hall–Kier alpha value is -1.96. The highest BCUT2D eigenvalue weighted by Gasteiger charge is 2.59. The zero-order valence-electron chi connectivity index (χ0n) is 21.1. The van der Waals surface area contributed by atoms with Gasteiger partial charge in [0.2, 0.25) is 0 Å². The van der Waals surface area contributed by atoms with E-state index >= 15 is 0 Å². The molecule has 0 atom stereocenters. The van der Waals surface area contributed by atoms with Gasteiger partial charge in [-0.3, -0.25) is 0 Å². The van der Waals surface area contributed by atoms with Gasteiger partial charge in [-0.25, -0.2) is 0 Å². The summed E-state index contributed by atoms with van der Waals surface area (Å²) < 4.78 is 0. The zero-order valence-corrected chi connectivity index (χ0v) is 21.1.